The predicted molar refractivity (Wildman–Crippen MR) is 80.9 cm³/mol. The lowest BCUT2D eigenvalue weighted by Crippen LogP contribution is -2.39. The van der Waals surface area contributed by atoms with Crippen LogP contribution in [-0.4, -0.2) is 48.4 Å². The SMILES string of the molecule is CCCNC(=O)CCC(=O)N1CCC2CCC(C1)N2.Cl. The summed E-state index contributed by atoms with van der Waals surface area (Å²) in [6.45, 7) is 4.37. The zero-order valence-electron chi connectivity index (χ0n) is 12.2. The van der Waals surface area contributed by atoms with E-state index in [0.29, 0.717) is 31.5 Å². The average Bonchev–Trinajstić information content (AvgIpc) is 2.73. The number of nitrogens with zero attached hydrogens (tertiary/aromatic N) is 1. The number of amides is 2. The molecule has 2 saturated heterocycles. The quantitative estimate of drug-likeness (QED) is 0.798. The molecule has 0 radical (unpaired) electrons. The summed E-state index contributed by atoms with van der Waals surface area (Å²) >= 11 is 0. The molecule has 2 amide bonds. The van der Waals surface area contributed by atoms with Gasteiger partial charge < -0.3 is 15.5 Å². The van der Waals surface area contributed by atoms with E-state index >= 15 is 0 Å². The Balaban J connectivity index is 0.00000200. The minimum atomic E-state index is -0.00957. The highest BCUT2D eigenvalue weighted by molar-refractivity contribution is 5.85. The van der Waals surface area contributed by atoms with E-state index in [4.69, 9.17) is 0 Å². The van der Waals surface area contributed by atoms with Crippen molar-refractivity contribution in [1.82, 2.24) is 15.5 Å². The lowest BCUT2D eigenvalue weighted by molar-refractivity contribution is -0.133. The van der Waals surface area contributed by atoms with Crippen LogP contribution in [0.25, 0.3) is 0 Å². The van der Waals surface area contributed by atoms with E-state index in [-0.39, 0.29) is 24.2 Å². The van der Waals surface area contributed by atoms with E-state index in [0.717, 1.165) is 25.9 Å². The fourth-order valence-corrected chi connectivity index (χ4v) is 2.90. The minimum Gasteiger partial charge on any atom is -0.356 e. The molecule has 0 aromatic rings. The van der Waals surface area contributed by atoms with Crippen molar-refractivity contribution in [3.05, 3.63) is 0 Å². The highest BCUT2D eigenvalue weighted by Gasteiger charge is 2.30. The van der Waals surface area contributed by atoms with Crippen LogP contribution in [0.5, 0.6) is 0 Å². The van der Waals surface area contributed by atoms with Crippen LogP contribution in [0.3, 0.4) is 0 Å². The Bertz CT molecular complexity index is 338. The molecule has 2 unspecified atom stereocenters. The number of carbonyl (C=O) groups excluding carboxylic acids is 2. The fourth-order valence-electron chi connectivity index (χ4n) is 2.90. The molecule has 6 heteroatoms. The first-order valence-corrected chi connectivity index (χ1v) is 7.49. The molecule has 2 aliphatic rings. The first-order chi connectivity index (χ1) is 9.19. The van der Waals surface area contributed by atoms with Crippen LogP contribution in [0.4, 0.5) is 0 Å². The van der Waals surface area contributed by atoms with Gasteiger partial charge in [-0.3, -0.25) is 9.59 Å². The maximum atomic E-state index is 12.1. The van der Waals surface area contributed by atoms with Crippen molar-refractivity contribution in [2.24, 2.45) is 0 Å². The molecule has 2 heterocycles. The molecule has 2 rings (SSSR count). The summed E-state index contributed by atoms with van der Waals surface area (Å²) in [6, 6.07) is 1.06. The van der Waals surface area contributed by atoms with E-state index in [1.807, 2.05) is 11.8 Å². The van der Waals surface area contributed by atoms with Gasteiger partial charge in [0.1, 0.15) is 0 Å². The summed E-state index contributed by atoms with van der Waals surface area (Å²) in [6.07, 6.45) is 5.05. The second-order valence-corrected chi connectivity index (χ2v) is 5.62. The number of rotatable bonds is 5. The third-order valence-electron chi connectivity index (χ3n) is 4.01. The lowest BCUT2D eigenvalue weighted by Gasteiger charge is -2.24. The molecule has 2 fully saturated rings. The second-order valence-electron chi connectivity index (χ2n) is 5.62. The molecule has 0 aliphatic carbocycles. The van der Waals surface area contributed by atoms with Crippen LogP contribution in [0.1, 0.15) is 45.4 Å². The Morgan fingerprint density at radius 3 is 2.70 bits per heavy atom. The highest BCUT2D eigenvalue weighted by Crippen LogP contribution is 2.20. The molecule has 0 saturated carbocycles. The number of carbonyl (C=O) groups is 2. The molecule has 5 nitrogen and oxygen atoms in total. The zero-order valence-corrected chi connectivity index (χ0v) is 13.0. The normalized spacial score (nSPS) is 24.8. The largest absolute Gasteiger partial charge is 0.356 e. The number of hydrogen-bond donors (Lipinski definition) is 2. The first-order valence-electron chi connectivity index (χ1n) is 7.49. The van der Waals surface area contributed by atoms with Gasteiger partial charge in [0.15, 0.2) is 0 Å². The van der Waals surface area contributed by atoms with Gasteiger partial charge in [-0.25, -0.2) is 0 Å². The number of nitrogens with one attached hydrogen (secondary N) is 2. The smallest absolute Gasteiger partial charge is 0.223 e. The van der Waals surface area contributed by atoms with Crippen LogP contribution >= 0.6 is 12.4 Å². The van der Waals surface area contributed by atoms with E-state index < -0.39 is 0 Å². The molecule has 116 valence electrons. The topological polar surface area (TPSA) is 61.4 Å². The molecule has 2 aliphatic heterocycles. The van der Waals surface area contributed by atoms with E-state index in [9.17, 15) is 9.59 Å². The second kappa shape index (κ2) is 8.47. The molecule has 2 bridgehead atoms. The summed E-state index contributed by atoms with van der Waals surface area (Å²) in [5.41, 5.74) is 0. The molecule has 20 heavy (non-hydrogen) atoms. The number of hydrogen-bond acceptors (Lipinski definition) is 3. The Morgan fingerprint density at radius 1 is 1.20 bits per heavy atom. The Labute approximate surface area is 127 Å². The summed E-state index contributed by atoms with van der Waals surface area (Å²) in [5.74, 6) is 0.116. The summed E-state index contributed by atoms with van der Waals surface area (Å²) in [7, 11) is 0. The van der Waals surface area contributed by atoms with Gasteiger partial charge in [-0.05, 0) is 25.7 Å². The van der Waals surface area contributed by atoms with Gasteiger partial charge in [0, 0.05) is 44.6 Å². The molecule has 2 atom stereocenters. The van der Waals surface area contributed by atoms with Crippen molar-refractivity contribution in [1.29, 1.82) is 0 Å². The maximum Gasteiger partial charge on any atom is 0.223 e. The fraction of sp³-hybridized carbons (Fsp3) is 0.857. The molecule has 0 spiro atoms. The van der Waals surface area contributed by atoms with E-state index in [1.165, 1.54) is 12.8 Å². The van der Waals surface area contributed by atoms with Crippen molar-refractivity contribution in [3.63, 3.8) is 0 Å². The van der Waals surface area contributed by atoms with Crippen LogP contribution in [0, 0.1) is 0 Å². The molecule has 2 N–H and O–H groups in total. The van der Waals surface area contributed by atoms with Gasteiger partial charge >= 0.3 is 0 Å². The molecular formula is C14H26ClN3O2. The summed E-state index contributed by atoms with van der Waals surface area (Å²) in [5, 5.41) is 6.37. The Morgan fingerprint density at radius 2 is 1.95 bits per heavy atom. The zero-order chi connectivity index (χ0) is 13.7. The highest BCUT2D eigenvalue weighted by atomic mass is 35.5. The van der Waals surface area contributed by atoms with Crippen LogP contribution in [-0.2, 0) is 9.59 Å². The van der Waals surface area contributed by atoms with Crippen LogP contribution in [0.2, 0.25) is 0 Å². The molecule has 0 aromatic heterocycles. The van der Waals surface area contributed by atoms with Crippen molar-refractivity contribution in [2.75, 3.05) is 19.6 Å². The lowest BCUT2D eigenvalue weighted by atomic mass is 10.1. The third kappa shape index (κ3) is 4.94. The van der Waals surface area contributed by atoms with Gasteiger partial charge in [-0.2, -0.15) is 0 Å². The minimum absolute atomic E-state index is 0. The Hall–Kier alpha value is -0.810. The third-order valence-corrected chi connectivity index (χ3v) is 4.01. The number of likely N-dealkylation sites (tertiary alicyclic amines) is 1. The number of fused-ring (bicyclic) bond motifs is 2. The van der Waals surface area contributed by atoms with E-state index in [1.54, 1.807) is 0 Å². The van der Waals surface area contributed by atoms with Crippen molar-refractivity contribution in [2.45, 2.75) is 57.5 Å². The van der Waals surface area contributed by atoms with Gasteiger partial charge in [-0.1, -0.05) is 6.92 Å². The predicted octanol–water partition coefficient (Wildman–Crippen LogP) is 1.07. The average molecular weight is 304 g/mol. The van der Waals surface area contributed by atoms with Gasteiger partial charge in [0.2, 0.25) is 11.8 Å². The van der Waals surface area contributed by atoms with Gasteiger partial charge in [0.05, 0.1) is 0 Å². The van der Waals surface area contributed by atoms with Crippen molar-refractivity contribution < 1.29 is 9.59 Å². The molecule has 0 aromatic carbocycles. The van der Waals surface area contributed by atoms with Gasteiger partial charge in [0.25, 0.3) is 0 Å². The first kappa shape index (κ1) is 17.2. The monoisotopic (exact) mass is 303 g/mol. The number of halogens is 1. The summed E-state index contributed by atoms with van der Waals surface area (Å²) < 4.78 is 0. The maximum absolute atomic E-state index is 12.1. The van der Waals surface area contributed by atoms with E-state index in [2.05, 4.69) is 10.6 Å². The molecular weight excluding hydrogens is 278 g/mol. The van der Waals surface area contributed by atoms with Gasteiger partial charge in [-0.15, -0.1) is 12.4 Å². The van der Waals surface area contributed by atoms with Crippen LogP contribution < -0.4 is 10.6 Å². The van der Waals surface area contributed by atoms with Crippen molar-refractivity contribution >= 4 is 24.2 Å². The standard InChI is InChI=1S/C14H25N3O2.ClH/c1-2-8-15-13(18)5-6-14(19)17-9-7-11-3-4-12(10-17)16-11;/h11-12,16H,2-10H2,1H3,(H,15,18);1H. The summed E-state index contributed by atoms with van der Waals surface area (Å²) in [4.78, 5) is 25.5. The van der Waals surface area contributed by atoms with Crippen molar-refractivity contribution in [3.8, 4) is 0 Å². The Kier molecular flexibility index (Phi) is 7.30. The van der Waals surface area contributed by atoms with Crippen LogP contribution in [0.15, 0.2) is 0 Å².